The van der Waals surface area contributed by atoms with Crippen molar-refractivity contribution in [2.45, 2.75) is 19.4 Å². The highest BCUT2D eigenvalue weighted by Gasteiger charge is 2.07. The van der Waals surface area contributed by atoms with Crippen LogP contribution in [0.5, 0.6) is 0 Å². The number of rotatable bonds is 6. The summed E-state index contributed by atoms with van der Waals surface area (Å²) in [5, 5.41) is 8.22. The number of hydrogen-bond acceptors (Lipinski definition) is 2. The highest BCUT2D eigenvalue weighted by Crippen LogP contribution is 2.23. The fraction of sp³-hybridized carbons (Fsp3) is 0.158. The lowest BCUT2D eigenvalue weighted by Crippen LogP contribution is -2.13. The van der Waals surface area contributed by atoms with Crippen molar-refractivity contribution in [3.63, 3.8) is 0 Å². The summed E-state index contributed by atoms with van der Waals surface area (Å²) in [6.07, 6.45) is 2.94. The maximum Gasteiger partial charge on any atom is 0.225 e. The van der Waals surface area contributed by atoms with Gasteiger partial charge in [-0.15, -0.1) is 0 Å². The molecule has 0 aliphatic heterocycles. The van der Waals surface area contributed by atoms with E-state index in [2.05, 4.69) is 10.4 Å². The minimum atomic E-state index is -0.0522. The molecule has 0 fully saturated rings. The predicted octanol–water partition coefficient (Wildman–Crippen LogP) is 4.81. The molecule has 1 amide bonds. The first kappa shape index (κ1) is 17.5. The summed E-state index contributed by atoms with van der Waals surface area (Å²) in [6, 6.07) is 17.2. The van der Waals surface area contributed by atoms with Crippen molar-refractivity contribution < 1.29 is 4.79 Å². The Hall–Kier alpha value is -2.30. The summed E-state index contributed by atoms with van der Waals surface area (Å²) in [5.74, 6) is 0.488. The van der Waals surface area contributed by atoms with Gasteiger partial charge in [0.05, 0.1) is 16.6 Å². The second kappa shape index (κ2) is 8.19. The van der Waals surface area contributed by atoms with E-state index in [1.165, 1.54) is 0 Å². The Morgan fingerprint density at radius 2 is 1.80 bits per heavy atom. The third kappa shape index (κ3) is 5.08. The number of halogens is 2. The van der Waals surface area contributed by atoms with E-state index < -0.39 is 0 Å². The van der Waals surface area contributed by atoms with Crippen molar-refractivity contribution in [1.29, 1.82) is 0 Å². The Morgan fingerprint density at radius 1 is 1.00 bits per heavy atom. The van der Waals surface area contributed by atoms with Crippen LogP contribution < -0.4 is 5.32 Å². The molecular weight excluding hydrogens is 357 g/mol. The van der Waals surface area contributed by atoms with Crippen molar-refractivity contribution in [3.05, 3.63) is 82.0 Å². The van der Waals surface area contributed by atoms with Gasteiger partial charge in [-0.3, -0.25) is 9.48 Å². The van der Waals surface area contributed by atoms with E-state index in [1.807, 2.05) is 48.7 Å². The molecule has 25 heavy (non-hydrogen) atoms. The van der Waals surface area contributed by atoms with E-state index in [0.717, 1.165) is 11.1 Å². The molecule has 0 aliphatic rings. The number of aryl methyl sites for hydroxylation is 1. The largest absolute Gasteiger partial charge is 0.309 e. The summed E-state index contributed by atoms with van der Waals surface area (Å²) in [7, 11) is 0. The smallest absolute Gasteiger partial charge is 0.225 e. The fourth-order valence-corrected chi connectivity index (χ4v) is 2.77. The van der Waals surface area contributed by atoms with Gasteiger partial charge in [-0.2, -0.15) is 5.10 Å². The molecule has 0 spiro atoms. The highest BCUT2D eigenvalue weighted by molar-refractivity contribution is 6.42. The monoisotopic (exact) mass is 373 g/mol. The van der Waals surface area contributed by atoms with Crippen LogP contribution >= 0.6 is 23.2 Å². The minimum Gasteiger partial charge on any atom is -0.309 e. The van der Waals surface area contributed by atoms with Gasteiger partial charge in [0.15, 0.2) is 5.82 Å². The average Bonchev–Trinajstić information content (AvgIpc) is 3.04. The van der Waals surface area contributed by atoms with Crippen LogP contribution in [-0.4, -0.2) is 15.7 Å². The van der Waals surface area contributed by atoms with Gasteiger partial charge in [-0.1, -0.05) is 59.6 Å². The first-order chi connectivity index (χ1) is 12.1. The fourth-order valence-electron chi connectivity index (χ4n) is 2.45. The lowest BCUT2D eigenvalue weighted by molar-refractivity contribution is -0.116. The Labute approximate surface area is 156 Å². The van der Waals surface area contributed by atoms with Gasteiger partial charge in [0.25, 0.3) is 0 Å². The summed E-state index contributed by atoms with van der Waals surface area (Å²) in [6.45, 7) is 0.552. The van der Waals surface area contributed by atoms with E-state index in [0.29, 0.717) is 35.2 Å². The molecule has 2 aromatic carbocycles. The van der Waals surface area contributed by atoms with E-state index >= 15 is 0 Å². The maximum atomic E-state index is 12.0. The molecule has 0 radical (unpaired) electrons. The molecule has 0 saturated carbocycles. The molecule has 0 aliphatic carbocycles. The normalized spacial score (nSPS) is 10.6. The molecule has 1 N–H and O–H groups in total. The third-order valence-electron chi connectivity index (χ3n) is 3.72. The second-order valence-electron chi connectivity index (χ2n) is 5.68. The van der Waals surface area contributed by atoms with E-state index in [4.69, 9.17) is 23.2 Å². The Kier molecular flexibility index (Phi) is 5.74. The number of carbonyl (C=O) groups is 1. The molecule has 0 unspecified atom stereocenters. The molecular formula is C19H17Cl2N3O. The average molecular weight is 374 g/mol. The molecule has 3 aromatic rings. The Morgan fingerprint density at radius 3 is 2.56 bits per heavy atom. The molecule has 3 rings (SSSR count). The molecule has 128 valence electrons. The first-order valence-corrected chi connectivity index (χ1v) is 8.67. The number of hydrogen-bond donors (Lipinski definition) is 1. The summed E-state index contributed by atoms with van der Waals surface area (Å²) < 4.78 is 1.74. The number of aromatic nitrogens is 2. The van der Waals surface area contributed by atoms with Gasteiger partial charge in [-0.25, -0.2) is 0 Å². The van der Waals surface area contributed by atoms with Crippen molar-refractivity contribution >= 4 is 34.9 Å². The van der Waals surface area contributed by atoms with E-state index in [1.54, 1.807) is 16.8 Å². The lowest BCUT2D eigenvalue weighted by Gasteiger charge is -2.04. The van der Waals surface area contributed by atoms with Crippen molar-refractivity contribution in [2.24, 2.45) is 0 Å². The quantitative estimate of drug-likeness (QED) is 0.673. The van der Waals surface area contributed by atoms with Crippen LogP contribution in [0.4, 0.5) is 5.82 Å². The van der Waals surface area contributed by atoms with Gasteiger partial charge in [0.1, 0.15) is 0 Å². The van der Waals surface area contributed by atoms with Crippen LogP contribution in [-0.2, 0) is 17.8 Å². The number of nitrogens with one attached hydrogen (secondary N) is 1. The molecule has 4 nitrogen and oxygen atoms in total. The maximum absolute atomic E-state index is 12.0. The Bertz CT molecular complexity index is 862. The number of nitrogens with zero attached hydrogens (tertiary/aromatic N) is 2. The van der Waals surface area contributed by atoms with Crippen LogP contribution in [0.3, 0.4) is 0 Å². The number of benzene rings is 2. The number of carbonyl (C=O) groups excluding carboxylic acids is 1. The topological polar surface area (TPSA) is 46.9 Å². The van der Waals surface area contributed by atoms with Gasteiger partial charge < -0.3 is 5.32 Å². The predicted molar refractivity (Wildman–Crippen MR) is 101 cm³/mol. The summed E-state index contributed by atoms with van der Waals surface area (Å²) in [4.78, 5) is 12.0. The zero-order valence-corrected chi connectivity index (χ0v) is 15.0. The second-order valence-corrected chi connectivity index (χ2v) is 6.50. The molecule has 0 saturated heterocycles. The van der Waals surface area contributed by atoms with Crippen molar-refractivity contribution in [1.82, 2.24) is 9.78 Å². The van der Waals surface area contributed by atoms with Gasteiger partial charge in [0, 0.05) is 18.7 Å². The SMILES string of the molecule is O=C(CCc1ccccc1)Nc1ccn(Cc2ccc(Cl)c(Cl)c2)n1. The van der Waals surface area contributed by atoms with Gasteiger partial charge in [-0.05, 0) is 29.7 Å². The van der Waals surface area contributed by atoms with Gasteiger partial charge in [0.2, 0.25) is 5.91 Å². The summed E-state index contributed by atoms with van der Waals surface area (Å²) in [5.41, 5.74) is 2.13. The van der Waals surface area contributed by atoms with Crippen LogP contribution in [0.1, 0.15) is 17.5 Å². The molecule has 0 bridgehead atoms. The summed E-state index contributed by atoms with van der Waals surface area (Å²) >= 11 is 11.9. The number of amides is 1. The number of anilines is 1. The van der Waals surface area contributed by atoms with Crippen LogP contribution in [0.15, 0.2) is 60.8 Å². The van der Waals surface area contributed by atoms with E-state index in [9.17, 15) is 4.79 Å². The minimum absolute atomic E-state index is 0.0522. The zero-order valence-electron chi connectivity index (χ0n) is 13.5. The molecule has 6 heteroatoms. The standard InChI is InChI=1S/C19H17Cl2N3O/c20-16-8-6-15(12-17(16)21)13-24-11-10-18(23-24)22-19(25)9-7-14-4-2-1-3-5-14/h1-6,8,10-12H,7,9,13H2,(H,22,23,25). The van der Waals surface area contributed by atoms with Crippen molar-refractivity contribution in [3.8, 4) is 0 Å². The lowest BCUT2D eigenvalue weighted by atomic mass is 10.1. The molecule has 0 atom stereocenters. The Balaban J connectivity index is 1.54. The van der Waals surface area contributed by atoms with Crippen LogP contribution in [0.25, 0.3) is 0 Å². The van der Waals surface area contributed by atoms with Crippen LogP contribution in [0.2, 0.25) is 10.0 Å². The molecule has 1 aromatic heterocycles. The third-order valence-corrected chi connectivity index (χ3v) is 4.46. The highest BCUT2D eigenvalue weighted by atomic mass is 35.5. The molecule has 1 heterocycles. The van der Waals surface area contributed by atoms with E-state index in [-0.39, 0.29) is 5.91 Å². The zero-order chi connectivity index (χ0) is 17.6. The van der Waals surface area contributed by atoms with Gasteiger partial charge >= 0.3 is 0 Å². The van der Waals surface area contributed by atoms with Crippen LogP contribution in [0, 0.1) is 0 Å². The van der Waals surface area contributed by atoms with Crippen molar-refractivity contribution in [2.75, 3.05) is 5.32 Å². The first-order valence-electron chi connectivity index (χ1n) is 7.91.